The highest BCUT2D eigenvalue weighted by Gasteiger charge is 2.10. The molecule has 1 N–H and O–H groups in total. The van der Waals surface area contributed by atoms with Crippen LogP contribution < -0.4 is 15.6 Å². The van der Waals surface area contributed by atoms with E-state index >= 15 is 0 Å². The van der Waals surface area contributed by atoms with Gasteiger partial charge in [-0.1, -0.05) is 0 Å². The topological polar surface area (TPSA) is 91.0 Å². The summed E-state index contributed by atoms with van der Waals surface area (Å²) in [4.78, 5) is 24.3. The molecule has 2 aromatic heterocycles. The number of carbonyl (C=O) groups is 1. The highest BCUT2D eigenvalue weighted by molar-refractivity contribution is 5.90. The Kier molecular flexibility index (Phi) is 4.83. The van der Waals surface area contributed by atoms with Gasteiger partial charge in [-0.25, -0.2) is 9.36 Å². The average molecular weight is 353 g/mol. The van der Waals surface area contributed by atoms with Crippen LogP contribution in [-0.2, 0) is 11.3 Å². The number of hydrogen-bond acceptors (Lipinski definition) is 5. The quantitative estimate of drug-likeness (QED) is 0.754. The lowest BCUT2D eigenvalue weighted by atomic mass is 10.3. The van der Waals surface area contributed by atoms with Gasteiger partial charge in [0.1, 0.15) is 12.3 Å². The Bertz CT molecular complexity index is 989. The summed E-state index contributed by atoms with van der Waals surface area (Å²) in [5.41, 5.74) is 1.99. The first-order chi connectivity index (χ1) is 12.5. The molecule has 0 saturated heterocycles. The molecule has 8 nitrogen and oxygen atoms in total. The van der Waals surface area contributed by atoms with E-state index < -0.39 is 0 Å². The lowest BCUT2D eigenvalue weighted by Gasteiger charge is -2.09. The number of aryl methyl sites for hydroxylation is 2. The van der Waals surface area contributed by atoms with Crippen molar-refractivity contribution in [1.29, 1.82) is 0 Å². The molecule has 0 aliphatic heterocycles. The highest BCUT2D eigenvalue weighted by atomic mass is 16.5. The zero-order chi connectivity index (χ0) is 18.7. The standard InChI is InChI=1S/C18H19N5O3/c1-12-10-13(2)23(20-12)16-8-9-18(25)22(21-16)11-17(24)19-14-4-6-15(26-3)7-5-14/h4-10H,11H2,1-3H3,(H,19,24). The molecule has 134 valence electrons. The van der Waals surface area contributed by atoms with E-state index in [1.807, 2.05) is 19.9 Å². The summed E-state index contributed by atoms with van der Waals surface area (Å²) in [5.74, 6) is 0.821. The molecule has 0 bridgehead atoms. The van der Waals surface area contributed by atoms with Crippen LogP contribution in [0.15, 0.2) is 47.3 Å². The van der Waals surface area contributed by atoms with Crippen LogP contribution in [0.2, 0.25) is 0 Å². The molecule has 2 heterocycles. The van der Waals surface area contributed by atoms with Gasteiger partial charge in [-0.2, -0.15) is 5.10 Å². The summed E-state index contributed by atoms with van der Waals surface area (Å²) in [5, 5.41) is 11.3. The van der Waals surface area contributed by atoms with Gasteiger partial charge < -0.3 is 10.1 Å². The summed E-state index contributed by atoms with van der Waals surface area (Å²) in [7, 11) is 1.57. The predicted octanol–water partition coefficient (Wildman–Crippen LogP) is 1.69. The second kappa shape index (κ2) is 7.22. The van der Waals surface area contributed by atoms with E-state index in [0.29, 0.717) is 17.3 Å². The molecule has 0 saturated carbocycles. The van der Waals surface area contributed by atoms with Crippen LogP contribution >= 0.6 is 0 Å². The summed E-state index contributed by atoms with van der Waals surface area (Å²) < 4.78 is 7.82. The van der Waals surface area contributed by atoms with Crippen molar-refractivity contribution in [3.63, 3.8) is 0 Å². The van der Waals surface area contributed by atoms with E-state index in [1.165, 1.54) is 6.07 Å². The van der Waals surface area contributed by atoms with Gasteiger partial charge in [0.05, 0.1) is 12.8 Å². The van der Waals surface area contributed by atoms with E-state index in [2.05, 4.69) is 15.5 Å². The summed E-state index contributed by atoms with van der Waals surface area (Å²) in [6.07, 6.45) is 0. The molecule has 0 aliphatic carbocycles. The number of methoxy groups -OCH3 is 1. The monoisotopic (exact) mass is 353 g/mol. The number of anilines is 1. The third-order valence-electron chi connectivity index (χ3n) is 3.75. The third-order valence-corrected chi connectivity index (χ3v) is 3.75. The number of rotatable bonds is 5. The minimum absolute atomic E-state index is 0.196. The van der Waals surface area contributed by atoms with Gasteiger partial charge in [0.15, 0.2) is 5.82 Å². The van der Waals surface area contributed by atoms with Gasteiger partial charge in [0.2, 0.25) is 5.91 Å². The maximum atomic E-state index is 12.2. The van der Waals surface area contributed by atoms with Crippen LogP contribution in [0.4, 0.5) is 5.69 Å². The fourth-order valence-electron chi connectivity index (χ4n) is 2.54. The number of carbonyl (C=O) groups excluding carboxylic acids is 1. The van der Waals surface area contributed by atoms with Crippen molar-refractivity contribution in [2.45, 2.75) is 20.4 Å². The molecule has 26 heavy (non-hydrogen) atoms. The minimum atomic E-state index is -0.361. The lowest BCUT2D eigenvalue weighted by Crippen LogP contribution is -2.30. The Morgan fingerprint density at radius 1 is 1.12 bits per heavy atom. The molecule has 1 aromatic carbocycles. The van der Waals surface area contributed by atoms with E-state index in [9.17, 15) is 9.59 Å². The number of benzene rings is 1. The predicted molar refractivity (Wildman–Crippen MR) is 96.7 cm³/mol. The molecule has 0 atom stereocenters. The highest BCUT2D eigenvalue weighted by Crippen LogP contribution is 2.15. The first-order valence-electron chi connectivity index (χ1n) is 8.02. The molecule has 0 aliphatic rings. The summed E-state index contributed by atoms with van der Waals surface area (Å²) in [6, 6.07) is 11.8. The van der Waals surface area contributed by atoms with Crippen molar-refractivity contribution in [2.24, 2.45) is 0 Å². The van der Waals surface area contributed by atoms with E-state index in [4.69, 9.17) is 4.74 Å². The Balaban J connectivity index is 1.78. The van der Waals surface area contributed by atoms with Crippen molar-refractivity contribution in [1.82, 2.24) is 19.6 Å². The van der Waals surface area contributed by atoms with Gasteiger partial charge >= 0.3 is 0 Å². The van der Waals surface area contributed by atoms with Crippen molar-refractivity contribution in [3.8, 4) is 11.6 Å². The first-order valence-corrected chi connectivity index (χ1v) is 8.02. The van der Waals surface area contributed by atoms with Crippen LogP contribution in [0.5, 0.6) is 5.75 Å². The zero-order valence-corrected chi connectivity index (χ0v) is 14.8. The van der Waals surface area contributed by atoms with Crippen molar-refractivity contribution in [2.75, 3.05) is 12.4 Å². The summed E-state index contributed by atoms with van der Waals surface area (Å²) >= 11 is 0. The van der Waals surface area contributed by atoms with Crippen molar-refractivity contribution < 1.29 is 9.53 Å². The Morgan fingerprint density at radius 3 is 2.46 bits per heavy atom. The normalized spacial score (nSPS) is 10.6. The van der Waals surface area contributed by atoms with Crippen LogP contribution in [0.3, 0.4) is 0 Å². The SMILES string of the molecule is COc1ccc(NC(=O)Cn2nc(-n3nc(C)cc3C)ccc2=O)cc1. The molecule has 8 heteroatoms. The fraction of sp³-hybridized carbons (Fsp3) is 0.222. The fourth-order valence-corrected chi connectivity index (χ4v) is 2.54. The van der Waals surface area contributed by atoms with E-state index in [0.717, 1.165) is 16.1 Å². The second-order valence-electron chi connectivity index (χ2n) is 5.80. The van der Waals surface area contributed by atoms with Crippen molar-refractivity contribution in [3.05, 3.63) is 64.2 Å². The van der Waals surface area contributed by atoms with Gasteiger partial charge in [0, 0.05) is 17.4 Å². The second-order valence-corrected chi connectivity index (χ2v) is 5.80. The summed E-state index contributed by atoms with van der Waals surface area (Å²) in [6.45, 7) is 3.58. The van der Waals surface area contributed by atoms with E-state index in [-0.39, 0.29) is 18.0 Å². The Hall–Kier alpha value is -3.42. The van der Waals surface area contributed by atoms with Crippen LogP contribution in [0.25, 0.3) is 5.82 Å². The number of aromatic nitrogens is 4. The minimum Gasteiger partial charge on any atom is -0.497 e. The molecule has 0 spiro atoms. The maximum Gasteiger partial charge on any atom is 0.267 e. The molecule has 0 fully saturated rings. The first kappa shape index (κ1) is 17.4. The van der Waals surface area contributed by atoms with Gasteiger partial charge in [-0.3, -0.25) is 9.59 Å². The number of hydrogen-bond donors (Lipinski definition) is 1. The lowest BCUT2D eigenvalue weighted by molar-refractivity contribution is -0.117. The van der Waals surface area contributed by atoms with Crippen molar-refractivity contribution >= 4 is 11.6 Å². The van der Waals surface area contributed by atoms with E-state index in [1.54, 1.807) is 42.1 Å². The van der Waals surface area contributed by atoms with Crippen LogP contribution in [-0.4, -0.2) is 32.6 Å². The van der Waals surface area contributed by atoms with Crippen LogP contribution in [0.1, 0.15) is 11.4 Å². The van der Waals surface area contributed by atoms with Crippen LogP contribution in [0, 0.1) is 13.8 Å². The largest absolute Gasteiger partial charge is 0.497 e. The van der Waals surface area contributed by atoms with Gasteiger partial charge in [-0.15, -0.1) is 5.10 Å². The molecular formula is C18H19N5O3. The molecular weight excluding hydrogens is 334 g/mol. The molecule has 0 unspecified atom stereocenters. The molecule has 3 rings (SSSR count). The zero-order valence-electron chi connectivity index (χ0n) is 14.8. The number of nitrogens with one attached hydrogen (secondary N) is 1. The smallest absolute Gasteiger partial charge is 0.267 e. The molecule has 3 aromatic rings. The average Bonchev–Trinajstić information content (AvgIpc) is 2.96. The Morgan fingerprint density at radius 2 is 1.85 bits per heavy atom. The van der Waals surface area contributed by atoms with Gasteiger partial charge in [-0.05, 0) is 50.2 Å². The number of nitrogens with zero attached hydrogens (tertiary/aromatic N) is 4. The Labute approximate surface area is 150 Å². The third kappa shape index (κ3) is 3.80. The molecule has 0 radical (unpaired) electrons. The van der Waals surface area contributed by atoms with Gasteiger partial charge in [0.25, 0.3) is 5.56 Å². The number of amides is 1. The number of ether oxygens (including phenoxy) is 1. The molecule has 1 amide bonds. The maximum absolute atomic E-state index is 12.2.